The highest BCUT2D eigenvalue weighted by atomic mass is 16.2. The molecule has 1 atom stereocenters. The zero-order chi connectivity index (χ0) is 15.0. The number of rotatable bonds is 2. The SMILES string of the molecule is Cc1ccc2nc(N3CCNCC3C(=O)N(C)C)nn2c1. The summed E-state index contributed by atoms with van der Waals surface area (Å²) in [5.74, 6) is 0.680. The van der Waals surface area contributed by atoms with E-state index in [1.807, 2.05) is 30.2 Å². The molecule has 1 amide bonds. The molecule has 112 valence electrons. The molecule has 1 N–H and O–H groups in total. The van der Waals surface area contributed by atoms with Gasteiger partial charge in [0.15, 0.2) is 5.65 Å². The molecule has 0 bridgehead atoms. The second kappa shape index (κ2) is 5.33. The second-order valence-corrected chi connectivity index (χ2v) is 5.57. The Morgan fingerprint density at radius 3 is 3.00 bits per heavy atom. The largest absolute Gasteiger partial charge is 0.347 e. The summed E-state index contributed by atoms with van der Waals surface area (Å²) < 4.78 is 1.77. The highest BCUT2D eigenvalue weighted by molar-refractivity contribution is 5.85. The van der Waals surface area contributed by atoms with E-state index in [1.54, 1.807) is 23.5 Å². The molecule has 0 aromatic carbocycles. The maximum Gasteiger partial charge on any atom is 0.246 e. The first-order valence-electron chi connectivity index (χ1n) is 7.08. The van der Waals surface area contributed by atoms with Gasteiger partial charge in [0.25, 0.3) is 0 Å². The molecule has 2 aromatic heterocycles. The van der Waals surface area contributed by atoms with Crippen LogP contribution >= 0.6 is 0 Å². The van der Waals surface area contributed by atoms with E-state index in [4.69, 9.17) is 0 Å². The Hall–Kier alpha value is -2.15. The molecule has 0 radical (unpaired) electrons. The van der Waals surface area contributed by atoms with Crippen molar-refractivity contribution in [2.24, 2.45) is 0 Å². The van der Waals surface area contributed by atoms with Gasteiger partial charge < -0.3 is 15.1 Å². The van der Waals surface area contributed by atoms with Crippen molar-refractivity contribution in [3.8, 4) is 0 Å². The number of nitrogens with zero attached hydrogens (tertiary/aromatic N) is 5. The topological polar surface area (TPSA) is 65.8 Å². The number of likely N-dealkylation sites (N-methyl/N-ethyl adjacent to an activating group) is 1. The van der Waals surface area contributed by atoms with Crippen LogP contribution in [-0.2, 0) is 4.79 Å². The third-order valence-corrected chi connectivity index (χ3v) is 3.69. The number of fused-ring (bicyclic) bond motifs is 1. The minimum absolute atomic E-state index is 0.0669. The lowest BCUT2D eigenvalue weighted by Crippen LogP contribution is -2.58. The molecule has 0 aliphatic carbocycles. The minimum Gasteiger partial charge on any atom is -0.347 e. The number of carbonyl (C=O) groups excluding carboxylic acids is 1. The Labute approximate surface area is 123 Å². The van der Waals surface area contributed by atoms with Crippen molar-refractivity contribution in [1.29, 1.82) is 0 Å². The van der Waals surface area contributed by atoms with Gasteiger partial charge in [0, 0.05) is 39.9 Å². The van der Waals surface area contributed by atoms with Gasteiger partial charge in [0.2, 0.25) is 11.9 Å². The van der Waals surface area contributed by atoms with Gasteiger partial charge in [0.05, 0.1) is 0 Å². The summed E-state index contributed by atoms with van der Waals surface area (Å²) in [6.45, 7) is 4.18. The number of aromatic nitrogens is 3. The van der Waals surface area contributed by atoms with E-state index < -0.39 is 0 Å². The molecule has 1 aliphatic rings. The molecule has 21 heavy (non-hydrogen) atoms. The van der Waals surface area contributed by atoms with Gasteiger partial charge in [-0.3, -0.25) is 4.79 Å². The van der Waals surface area contributed by atoms with Crippen LogP contribution in [0.5, 0.6) is 0 Å². The number of nitrogens with one attached hydrogen (secondary N) is 1. The number of hydrogen-bond acceptors (Lipinski definition) is 5. The van der Waals surface area contributed by atoms with Crippen LogP contribution in [0.1, 0.15) is 5.56 Å². The quantitative estimate of drug-likeness (QED) is 0.836. The maximum absolute atomic E-state index is 12.3. The average Bonchev–Trinajstić information content (AvgIpc) is 2.89. The first kappa shape index (κ1) is 13.8. The highest BCUT2D eigenvalue weighted by Gasteiger charge is 2.32. The average molecular weight is 288 g/mol. The number of piperazine rings is 1. The summed E-state index contributed by atoms with van der Waals surface area (Å²) >= 11 is 0. The van der Waals surface area contributed by atoms with Gasteiger partial charge in [-0.2, -0.15) is 4.98 Å². The van der Waals surface area contributed by atoms with Crippen molar-refractivity contribution in [2.45, 2.75) is 13.0 Å². The number of anilines is 1. The van der Waals surface area contributed by atoms with Crippen LogP contribution in [0.2, 0.25) is 0 Å². The Morgan fingerprint density at radius 2 is 2.24 bits per heavy atom. The molecule has 1 aliphatic heterocycles. The van der Waals surface area contributed by atoms with E-state index in [1.165, 1.54) is 0 Å². The Morgan fingerprint density at radius 1 is 1.43 bits per heavy atom. The monoisotopic (exact) mass is 288 g/mol. The number of amides is 1. The van der Waals surface area contributed by atoms with Crippen LogP contribution in [-0.4, -0.2) is 65.2 Å². The highest BCUT2D eigenvalue weighted by Crippen LogP contribution is 2.16. The lowest BCUT2D eigenvalue weighted by atomic mass is 10.2. The molecule has 1 saturated heterocycles. The van der Waals surface area contributed by atoms with Gasteiger partial charge in [0.1, 0.15) is 6.04 Å². The molecule has 3 heterocycles. The van der Waals surface area contributed by atoms with Crippen LogP contribution < -0.4 is 10.2 Å². The molecular formula is C14H20N6O. The predicted molar refractivity (Wildman–Crippen MR) is 80.4 cm³/mol. The molecule has 1 fully saturated rings. The van der Waals surface area contributed by atoms with Gasteiger partial charge in [-0.25, -0.2) is 4.52 Å². The van der Waals surface area contributed by atoms with Crippen molar-refractivity contribution in [2.75, 3.05) is 38.6 Å². The van der Waals surface area contributed by atoms with Crippen molar-refractivity contribution in [3.63, 3.8) is 0 Å². The maximum atomic E-state index is 12.3. The molecule has 7 heteroatoms. The Bertz CT molecular complexity index is 665. The van der Waals surface area contributed by atoms with Crippen LogP contribution in [0, 0.1) is 6.92 Å². The van der Waals surface area contributed by atoms with Crippen LogP contribution in [0.25, 0.3) is 5.65 Å². The fourth-order valence-corrected chi connectivity index (χ4v) is 2.56. The lowest BCUT2D eigenvalue weighted by molar-refractivity contribution is -0.130. The van der Waals surface area contributed by atoms with Crippen molar-refractivity contribution >= 4 is 17.5 Å². The van der Waals surface area contributed by atoms with E-state index >= 15 is 0 Å². The molecule has 3 rings (SSSR count). The standard InChI is InChI=1S/C14H20N6O/c1-10-4-5-12-16-14(17-20(12)9-10)19-7-6-15-8-11(19)13(21)18(2)3/h4-5,9,11,15H,6-8H2,1-3H3. The molecule has 0 saturated carbocycles. The zero-order valence-electron chi connectivity index (χ0n) is 12.6. The summed E-state index contributed by atoms with van der Waals surface area (Å²) in [5.41, 5.74) is 1.92. The predicted octanol–water partition coefficient (Wildman–Crippen LogP) is -0.0959. The Balaban J connectivity index is 1.96. The molecule has 2 aromatic rings. The third kappa shape index (κ3) is 2.56. The van der Waals surface area contributed by atoms with E-state index in [0.717, 1.165) is 24.3 Å². The van der Waals surface area contributed by atoms with Crippen LogP contribution in [0.4, 0.5) is 5.95 Å². The molecular weight excluding hydrogens is 268 g/mol. The van der Waals surface area contributed by atoms with Crippen LogP contribution in [0.3, 0.4) is 0 Å². The second-order valence-electron chi connectivity index (χ2n) is 5.57. The van der Waals surface area contributed by atoms with Crippen molar-refractivity contribution < 1.29 is 4.79 Å². The number of hydrogen-bond donors (Lipinski definition) is 1. The van der Waals surface area contributed by atoms with Gasteiger partial charge >= 0.3 is 0 Å². The van der Waals surface area contributed by atoms with E-state index in [-0.39, 0.29) is 11.9 Å². The summed E-state index contributed by atoms with van der Waals surface area (Å²) in [4.78, 5) is 20.5. The zero-order valence-corrected chi connectivity index (χ0v) is 12.6. The summed E-state index contributed by atoms with van der Waals surface area (Å²) in [6.07, 6.45) is 1.94. The van der Waals surface area contributed by atoms with Crippen molar-refractivity contribution in [1.82, 2.24) is 24.8 Å². The Kier molecular flexibility index (Phi) is 3.50. The summed E-state index contributed by atoms with van der Waals surface area (Å²) in [6, 6.07) is 3.69. The van der Waals surface area contributed by atoms with Gasteiger partial charge in [-0.15, -0.1) is 5.10 Å². The smallest absolute Gasteiger partial charge is 0.246 e. The fourth-order valence-electron chi connectivity index (χ4n) is 2.56. The fraction of sp³-hybridized carbons (Fsp3) is 0.500. The van der Waals surface area contributed by atoms with E-state index in [9.17, 15) is 4.79 Å². The molecule has 7 nitrogen and oxygen atoms in total. The van der Waals surface area contributed by atoms with Crippen molar-refractivity contribution in [3.05, 3.63) is 23.9 Å². The van der Waals surface area contributed by atoms with Gasteiger partial charge in [-0.1, -0.05) is 6.07 Å². The van der Waals surface area contributed by atoms with E-state index in [2.05, 4.69) is 15.4 Å². The molecule has 1 unspecified atom stereocenters. The number of carbonyl (C=O) groups is 1. The minimum atomic E-state index is -0.257. The summed E-state index contributed by atoms with van der Waals surface area (Å²) in [5, 5.41) is 7.78. The normalized spacial score (nSPS) is 19.0. The third-order valence-electron chi connectivity index (χ3n) is 3.69. The van der Waals surface area contributed by atoms with Crippen LogP contribution in [0.15, 0.2) is 18.3 Å². The van der Waals surface area contributed by atoms with Gasteiger partial charge in [-0.05, 0) is 18.6 Å². The first-order valence-corrected chi connectivity index (χ1v) is 7.08. The number of pyridine rings is 1. The summed E-state index contributed by atoms with van der Waals surface area (Å²) in [7, 11) is 3.55. The van der Waals surface area contributed by atoms with E-state index in [0.29, 0.717) is 12.5 Å². The first-order chi connectivity index (χ1) is 10.1. The number of aryl methyl sites for hydroxylation is 1. The lowest BCUT2D eigenvalue weighted by Gasteiger charge is -2.35. The molecule has 0 spiro atoms.